The number of piperidine rings is 1. The van der Waals surface area contributed by atoms with Gasteiger partial charge in [-0.3, -0.25) is 9.59 Å². The summed E-state index contributed by atoms with van der Waals surface area (Å²) in [5.74, 6) is -0.431. The van der Waals surface area contributed by atoms with Gasteiger partial charge < -0.3 is 19.5 Å². The Labute approximate surface area is 195 Å². The molecule has 2 aromatic heterocycles. The van der Waals surface area contributed by atoms with Gasteiger partial charge in [0.05, 0.1) is 31.7 Å². The Morgan fingerprint density at radius 3 is 2.70 bits per heavy atom. The molecule has 1 saturated heterocycles. The first-order chi connectivity index (χ1) is 16.1. The number of amides is 2. The van der Waals surface area contributed by atoms with Gasteiger partial charge in [0.1, 0.15) is 11.9 Å². The Kier molecular flexibility index (Phi) is 6.24. The van der Waals surface area contributed by atoms with Crippen molar-refractivity contribution in [2.45, 2.75) is 38.6 Å². The number of carbonyl (C=O) groups is 2. The van der Waals surface area contributed by atoms with E-state index < -0.39 is 0 Å². The molecule has 1 fully saturated rings. The lowest BCUT2D eigenvalue weighted by molar-refractivity contribution is -0.126. The highest BCUT2D eigenvalue weighted by atomic mass is 32.1. The summed E-state index contributed by atoms with van der Waals surface area (Å²) < 4.78 is 21.1. The van der Waals surface area contributed by atoms with Crippen LogP contribution >= 0.6 is 11.3 Å². The smallest absolute Gasteiger partial charge is 0.274 e. The average Bonchev–Trinajstić information content (AvgIpc) is 3.52. The Hall–Kier alpha value is -3.04. The molecule has 3 aromatic rings. The summed E-state index contributed by atoms with van der Waals surface area (Å²) in [6.45, 7) is 2.40. The molecule has 2 aliphatic heterocycles. The minimum atomic E-state index is -0.283. The third-order valence-electron chi connectivity index (χ3n) is 6.34. The molecule has 2 amide bonds. The largest absolute Gasteiger partial charge is 0.365 e. The number of ether oxygens (including phenoxy) is 1. The Morgan fingerprint density at radius 1 is 1.18 bits per heavy atom. The quantitative estimate of drug-likeness (QED) is 0.622. The maximum atomic E-state index is 13.2. The zero-order chi connectivity index (χ0) is 22.8. The first-order valence-corrected chi connectivity index (χ1v) is 12.0. The number of halogens is 1. The van der Waals surface area contributed by atoms with Crippen molar-refractivity contribution in [1.29, 1.82) is 0 Å². The molecule has 7 nitrogen and oxygen atoms in total. The molecule has 33 heavy (non-hydrogen) atoms. The number of imidazole rings is 1. The number of rotatable bonds is 5. The minimum Gasteiger partial charge on any atom is -0.365 e. The summed E-state index contributed by atoms with van der Waals surface area (Å²) in [4.78, 5) is 32.9. The first-order valence-electron chi connectivity index (χ1n) is 11.1. The van der Waals surface area contributed by atoms with E-state index in [0.29, 0.717) is 44.7 Å². The number of fused-ring (bicyclic) bond motifs is 1. The Bertz CT molecular complexity index is 1120. The van der Waals surface area contributed by atoms with Crippen LogP contribution in [-0.2, 0) is 29.2 Å². The number of carbonyl (C=O) groups excluding carboxylic acids is 2. The zero-order valence-electron chi connectivity index (χ0n) is 18.1. The number of thiophene rings is 1. The number of hydrogen-bond acceptors (Lipinski definition) is 5. The zero-order valence-corrected chi connectivity index (χ0v) is 18.9. The molecule has 0 spiro atoms. The van der Waals surface area contributed by atoms with E-state index in [1.807, 2.05) is 22.1 Å². The van der Waals surface area contributed by atoms with Crippen LogP contribution in [-0.4, -0.2) is 39.4 Å². The number of aromatic nitrogens is 2. The molecule has 2 aliphatic rings. The minimum absolute atomic E-state index is 0.0510. The number of benzene rings is 1. The van der Waals surface area contributed by atoms with Gasteiger partial charge in [0.25, 0.3) is 5.91 Å². The number of nitrogens with zero attached hydrogens (tertiary/aromatic N) is 3. The van der Waals surface area contributed by atoms with E-state index in [1.165, 1.54) is 12.1 Å². The highest BCUT2D eigenvalue weighted by Gasteiger charge is 2.32. The molecule has 9 heteroatoms. The second-order valence-electron chi connectivity index (χ2n) is 8.41. The van der Waals surface area contributed by atoms with Gasteiger partial charge in [-0.25, -0.2) is 9.37 Å². The van der Waals surface area contributed by atoms with Crippen molar-refractivity contribution in [3.63, 3.8) is 0 Å². The number of hydrogen-bond donors (Lipinski definition) is 1. The third-order valence-corrected chi connectivity index (χ3v) is 7.22. The summed E-state index contributed by atoms with van der Waals surface area (Å²) in [5.41, 5.74) is 2.06. The Morgan fingerprint density at radius 2 is 1.97 bits per heavy atom. The van der Waals surface area contributed by atoms with Crippen LogP contribution in [0.3, 0.4) is 0 Å². The summed E-state index contributed by atoms with van der Waals surface area (Å²) in [6.07, 6.45) is 2.74. The van der Waals surface area contributed by atoms with E-state index >= 15 is 0 Å². The monoisotopic (exact) mass is 468 g/mol. The summed E-state index contributed by atoms with van der Waals surface area (Å²) >= 11 is 1.62. The van der Waals surface area contributed by atoms with E-state index in [2.05, 4.69) is 10.3 Å². The molecule has 0 bridgehead atoms. The van der Waals surface area contributed by atoms with Gasteiger partial charge in [-0.1, -0.05) is 18.2 Å². The van der Waals surface area contributed by atoms with Crippen molar-refractivity contribution in [2.75, 3.05) is 13.1 Å². The van der Waals surface area contributed by atoms with E-state index in [1.54, 1.807) is 34.7 Å². The molecular formula is C24H25FN4O3S. The van der Waals surface area contributed by atoms with Crippen LogP contribution < -0.4 is 5.32 Å². The average molecular weight is 469 g/mol. The third kappa shape index (κ3) is 4.69. The van der Waals surface area contributed by atoms with Gasteiger partial charge in [-0.2, -0.15) is 0 Å². The van der Waals surface area contributed by atoms with Crippen molar-refractivity contribution >= 4 is 23.2 Å². The normalized spacial score (nSPS) is 18.7. The van der Waals surface area contributed by atoms with Gasteiger partial charge in [0.2, 0.25) is 5.91 Å². The molecule has 1 atom stereocenters. The SMILES string of the molecule is O=C(NCc1cccs1)C1CCN(C(=O)c2ncn3c2CO[C@@H](c2ccc(F)cc2)C3)CC1. The fourth-order valence-electron chi connectivity index (χ4n) is 4.41. The van der Waals surface area contributed by atoms with Crippen LogP contribution in [0.15, 0.2) is 48.1 Å². The summed E-state index contributed by atoms with van der Waals surface area (Å²) in [7, 11) is 0. The van der Waals surface area contributed by atoms with Crippen LogP contribution in [0.2, 0.25) is 0 Å². The molecule has 0 unspecified atom stereocenters. The molecule has 0 saturated carbocycles. The van der Waals surface area contributed by atoms with Crippen molar-refractivity contribution in [1.82, 2.24) is 19.8 Å². The van der Waals surface area contributed by atoms with Crippen LogP contribution in [0, 0.1) is 11.7 Å². The highest BCUT2D eigenvalue weighted by Crippen LogP contribution is 2.29. The van der Waals surface area contributed by atoms with Gasteiger partial charge in [0.15, 0.2) is 5.69 Å². The highest BCUT2D eigenvalue weighted by molar-refractivity contribution is 7.09. The second kappa shape index (κ2) is 9.44. The number of likely N-dealkylation sites (tertiary alicyclic amines) is 1. The topological polar surface area (TPSA) is 76.5 Å². The molecule has 0 radical (unpaired) electrons. The van der Waals surface area contributed by atoms with Crippen LogP contribution in [0.1, 0.15) is 45.6 Å². The van der Waals surface area contributed by atoms with Gasteiger partial charge in [-0.15, -0.1) is 11.3 Å². The standard InChI is InChI=1S/C24H25FN4O3S/c25-18-5-3-16(4-6-18)21-13-29-15-27-22(20(29)14-32-21)24(31)28-9-7-17(8-10-28)23(30)26-12-19-2-1-11-33-19/h1-6,11,15,17,21H,7-10,12-14H2,(H,26,30)/t21-/m1/s1. The van der Waals surface area contributed by atoms with Crippen molar-refractivity contribution < 1.29 is 18.7 Å². The lowest BCUT2D eigenvalue weighted by Gasteiger charge is -2.31. The molecule has 172 valence electrons. The van der Waals surface area contributed by atoms with E-state index in [9.17, 15) is 14.0 Å². The van der Waals surface area contributed by atoms with Crippen LogP contribution in [0.4, 0.5) is 4.39 Å². The molecule has 1 aromatic carbocycles. The van der Waals surface area contributed by atoms with Crippen molar-refractivity contribution in [2.24, 2.45) is 5.92 Å². The predicted molar refractivity (Wildman–Crippen MR) is 121 cm³/mol. The lowest BCUT2D eigenvalue weighted by Crippen LogP contribution is -2.43. The fourth-order valence-corrected chi connectivity index (χ4v) is 5.06. The van der Waals surface area contributed by atoms with E-state index in [0.717, 1.165) is 16.1 Å². The predicted octanol–water partition coefficient (Wildman–Crippen LogP) is 3.52. The van der Waals surface area contributed by atoms with E-state index in [-0.39, 0.29) is 36.3 Å². The van der Waals surface area contributed by atoms with Crippen LogP contribution in [0.25, 0.3) is 0 Å². The van der Waals surface area contributed by atoms with Gasteiger partial charge >= 0.3 is 0 Å². The van der Waals surface area contributed by atoms with Gasteiger partial charge in [0, 0.05) is 23.9 Å². The number of nitrogens with one attached hydrogen (secondary N) is 1. The maximum absolute atomic E-state index is 13.2. The van der Waals surface area contributed by atoms with Crippen molar-refractivity contribution in [3.05, 3.63) is 75.8 Å². The Balaban J connectivity index is 1.17. The molecular weight excluding hydrogens is 443 g/mol. The molecule has 1 N–H and O–H groups in total. The van der Waals surface area contributed by atoms with Gasteiger partial charge in [-0.05, 0) is 42.0 Å². The lowest BCUT2D eigenvalue weighted by atomic mass is 9.95. The maximum Gasteiger partial charge on any atom is 0.274 e. The first kappa shape index (κ1) is 21.8. The van der Waals surface area contributed by atoms with E-state index in [4.69, 9.17) is 4.74 Å². The second-order valence-corrected chi connectivity index (χ2v) is 9.44. The summed E-state index contributed by atoms with van der Waals surface area (Å²) in [5, 5.41) is 5.00. The van der Waals surface area contributed by atoms with Crippen molar-refractivity contribution in [3.8, 4) is 0 Å². The molecule has 0 aliphatic carbocycles. The molecule has 5 rings (SSSR count). The molecule has 4 heterocycles. The summed E-state index contributed by atoms with van der Waals surface area (Å²) in [6, 6.07) is 10.2. The van der Waals surface area contributed by atoms with Crippen LogP contribution in [0.5, 0.6) is 0 Å². The fraction of sp³-hybridized carbons (Fsp3) is 0.375.